The minimum absolute atomic E-state index is 0.0347. The number of esters is 2. The average molecular weight is 759 g/mol. The summed E-state index contributed by atoms with van der Waals surface area (Å²) in [4.78, 5) is 37.6. The van der Waals surface area contributed by atoms with Crippen LogP contribution in [0.4, 0.5) is 0 Å². The van der Waals surface area contributed by atoms with Crippen molar-refractivity contribution < 1.29 is 29.0 Å². The summed E-state index contributed by atoms with van der Waals surface area (Å²) in [6.07, 6.45) is 25.5. The lowest BCUT2D eigenvalue weighted by Crippen LogP contribution is -2.64. The summed E-state index contributed by atoms with van der Waals surface area (Å²) < 4.78 is 12.0. The fourth-order valence-electron chi connectivity index (χ4n) is 12.8. The van der Waals surface area contributed by atoms with Gasteiger partial charge in [0.05, 0.1) is 5.41 Å². The van der Waals surface area contributed by atoms with Gasteiger partial charge in [-0.1, -0.05) is 82.1 Å². The number of carbonyl (C=O) groups excluding carboxylic acids is 2. The van der Waals surface area contributed by atoms with Gasteiger partial charge in [-0.15, -0.1) is 0 Å². The summed E-state index contributed by atoms with van der Waals surface area (Å²) in [5.41, 5.74) is 5.47. The van der Waals surface area contributed by atoms with Crippen LogP contribution in [0.5, 0.6) is 0 Å². The molecule has 4 saturated carbocycles. The number of aliphatic carboxylic acids is 1. The first-order chi connectivity index (χ1) is 25.6. The van der Waals surface area contributed by atoms with E-state index in [2.05, 4.69) is 100 Å². The molecule has 5 rings (SSSR count). The highest BCUT2D eigenvalue weighted by Crippen LogP contribution is 2.75. The van der Waals surface area contributed by atoms with Gasteiger partial charge in [0.15, 0.2) is 0 Å². The van der Waals surface area contributed by atoms with Crippen molar-refractivity contribution in [3.63, 3.8) is 0 Å². The van der Waals surface area contributed by atoms with Gasteiger partial charge < -0.3 is 14.6 Å². The molecule has 0 aliphatic heterocycles. The molecule has 0 aromatic carbocycles. The maximum absolute atomic E-state index is 13.9. The van der Waals surface area contributed by atoms with Crippen molar-refractivity contribution in [2.24, 2.45) is 50.2 Å². The average Bonchev–Trinajstić information content (AvgIpc) is 3.09. The van der Waals surface area contributed by atoms with Gasteiger partial charge in [0.1, 0.15) is 12.7 Å². The highest BCUT2D eigenvalue weighted by atomic mass is 16.5. The minimum atomic E-state index is -1.15. The minimum Gasteiger partial charge on any atom is -0.478 e. The third-order valence-corrected chi connectivity index (χ3v) is 16.7. The van der Waals surface area contributed by atoms with Gasteiger partial charge in [-0.25, -0.2) is 9.59 Å². The topological polar surface area (TPSA) is 89.9 Å². The van der Waals surface area contributed by atoms with E-state index >= 15 is 0 Å². The summed E-state index contributed by atoms with van der Waals surface area (Å²) in [6, 6.07) is 0. The predicted molar refractivity (Wildman–Crippen MR) is 222 cm³/mol. The zero-order valence-corrected chi connectivity index (χ0v) is 36.4. The lowest BCUT2D eigenvalue weighted by atomic mass is 9.33. The van der Waals surface area contributed by atoms with E-state index in [1.165, 1.54) is 29.6 Å². The number of ether oxygens (including phenoxy) is 2. The van der Waals surface area contributed by atoms with E-state index in [1.807, 2.05) is 0 Å². The third-order valence-electron chi connectivity index (χ3n) is 16.7. The SMILES string of the molecule is CC(C)=CCCC(C)=CCCC(C)=CCOC(=O)C1(C)CC[C@]2(C)CC[C@]3(C)C(=CC[C@@H]4[C@@]5(C)CC[C@H](OC(=O)/C=C\C(=O)O)C(C)(C)[C@H]5CC[C@]43C)[C@@H]2C1. The Morgan fingerprint density at radius 3 is 2.11 bits per heavy atom. The molecule has 6 nitrogen and oxygen atoms in total. The van der Waals surface area contributed by atoms with Crippen molar-refractivity contribution >= 4 is 17.9 Å². The highest BCUT2D eigenvalue weighted by molar-refractivity contribution is 5.90. The van der Waals surface area contributed by atoms with Gasteiger partial charge in [-0.3, -0.25) is 4.79 Å². The van der Waals surface area contributed by atoms with Crippen LogP contribution in [-0.4, -0.2) is 35.7 Å². The largest absolute Gasteiger partial charge is 0.478 e. The molecule has 1 N–H and O–H groups in total. The van der Waals surface area contributed by atoms with E-state index < -0.39 is 17.4 Å². The molecule has 0 radical (unpaired) electrons. The predicted octanol–water partition coefficient (Wildman–Crippen LogP) is 12.3. The van der Waals surface area contributed by atoms with Gasteiger partial charge in [-0.05, 0) is 170 Å². The second kappa shape index (κ2) is 16.2. The van der Waals surface area contributed by atoms with E-state index in [1.54, 1.807) is 5.57 Å². The molecule has 5 aliphatic rings. The van der Waals surface area contributed by atoms with E-state index in [4.69, 9.17) is 14.6 Å². The van der Waals surface area contributed by atoms with E-state index in [9.17, 15) is 14.4 Å². The summed E-state index contributed by atoms with van der Waals surface area (Å²) in [5, 5.41) is 9.01. The van der Waals surface area contributed by atoms with Crippen LogP contribution in [0, 0.1) is 50.2 Å². The van der Waals surface area contributed by atoms with Crippen molar-refractivity contribution in [2.75, 3.05) is 6.61 Å². The van der Waals surface area contributed by atoms with Crippen molar-refractivity contribution in [2.45, 2.75) is 172 Å². The number of carbonyl (C=O) groups is 3. The fraction of sp³-hybridized carbons (Fsp3) is 0.735. The summed E-state index contributed by atoms with van der Waals surface area (Å²) in [6.45, 7) is 25.9. The number of fused-ring (bicyclic) bond motifs is 7. The molecule has 0 aromatic heterocycles. The first-order valence-corrected chi connectivity index (χ1v) is 21.6. The number of carboxylic acid groups (broad SMARTS) is 1. The molecule has 0 saturated heterocycles. The van der Waals surface area contributed by atoms with Gasteiger partial charge in [-0.2, -0.15) is 0 Å². The second-order valence-electron chi connectivity index (χ2n) is 20.8. The van der Waals surface area contributed by atoms with Crippen LogP contribution in [0.25, 0.3) is 0 Å². The molecule has 0 bridgehead atoms. The first-order valence-electron chi connectivity index (χ1n) is 21.6. The third kappa shape index (κ3) is 8.40. The van der Waals surface area contributed by atoms with Crippen molar-refractivity contribution in [1.82, 2.24) is 0 Å². The molecule has 0 aromatic rings. The smallest absolute Gasteiger partial charge is 0.331 e. The quantitative estimate of drug-likeness (QED) is 0.121. The monoisotopic (exact) mass is 759 g/mol. The van der Waals surface area contributed by atoms with E-state index in [0.717, 1.165) is 89.2 Å². The molecule has 306 valence electrons. The Morgan fingerprint density at radius 2 is 1.44 bits per heavy atom. The highest BCUT2D eigenvalue weighted by Gasteiger charge is 2.68. The van der Waals surface area contributed by atoms with E-state index in [0.29, 0.717) is 24.4 Å². The Hall–Kier alpha value is -2.89. The van der Waals surface area contributed by atoms with Crippen LogP contribution in [0.2, 0.25) is 0 Å². The van der Waals surface area contributed by atoms with Gasteiger partial charge in [0, 0.05) is 17.6 Å². The molecular weight excluding hydrogens is 685 g/mol. The van der Waals surface area contributed by atoms with Crippen LogP contribution in [0.15, 0.2) is 58.7 Å². The molecule has 0 spiro atoms. The second-order valence-corrected chi connectivity index (χ2v) is 20.8. The maximum Gasteiger partial charge on any atom is 0.331 e. The van der Waals surface area contributed by atoms with Crippen molar-refractivity contribution in [1.29, 1.82) is 0 Å². The van der Waals surface area contributed by atoms with E-state index in [-0.39, 0.29) is 39.1 Å². The summed E-state index contributed by atoms with van der Waals surface area (Å²) in [7, 11) is 0. The van der Waals surface area contributed by atoms with Gasteiger partial charge in [0.25, 0.3) is 0 Å². The molecule has 4 fully saturated rings. The maximum atomic E-state index is 13.9. The van der Waals surface area contributed by atoms with Crippen LogP contribution < -0.4 is 0 Å². The van der Waals surface area contributed by atoms with Crippen LogP contribution in [0.3, 0.4) is 0 Å². The Kier molecular flexibility index (Phi) is 12.7. The zero-order valence-electron chi connectivity index (χ0n) is 36.4. The van der Waals surface area contributed by atoms with Gasteiger partial charge >= 0.3 is 17.9 Å². The van der Waals surface area contributed by atoms with Crippen molar-refractivity contribution in [3.8, 4) is 0 Å². The summed E-state index contributed by atoms with van der Waals surface area (Å²) in [5.74, 6) is -0.474. The fourth-order valence-corrected chi connectivity index (χ4v) is 12.8. The normalized spacial score (nSPS) is 38.4. The first kappa shape index (κ1) is 43.2. The molecule has 6 heteroatoms. The van der Waals surface area contributed by atoms with Crippen LogP contribution >= 0.6 is 0 Å². The molecular formula is C49H74O6. The van der Waals surface area contributed by atoms with Crippen LogP contribution in [-0.2, 0) is 23.9 Å². The number of carboxylic acids is 1. The Morgan fingerprint density at radius 1 is 0.782 bits per heavy atom. The Balaban J connectivity index is 1.27. The molecule has 0 heterocycles. The Bertz CT molecular complexity index is 1640. The Labute approximate surface area is 333 Å². The lowest BCUT2D eigenvalue weighted by Gasteiger charge is -2.71. The number of hydrogen-bond donors (Lipinski definition) is 1. The number of hydrogen-bond acceptors (Lipinski definition) is 5. The number of allylic oxidation sites excluding steroid dienone is 7. The van der Waals surface area contributed by atoms with Crippen molar-refractivity contribution in [3.05, 3.63) is 58.7 Å². The molecule has 5 aliphatic carbocycles. The van der Waals surface area contributed by atoms with Gasteiger partial charge in [0.2, 0.25) is 0 Å². The molecule has 0 amide bonds. The lowest BCUT2D eigenvalue weighted by molar-refractivity contribution is -0.211. The molecule has 1 unspecified atom stereocenters. The number of rotatable bonds is 12. The molecule has 55 heavy (non-hydrogen) atoms. The standard InChI is InChI=1S/C49H74O6/c1-33(2)14-12-15-34(3)16-13-17-35(4)24-31-54-43(53)46(8)28-27-45(7)29-30-48(10)36(37(45)32-46)18-19-39-47(9)25-23-40(55-42(52)21-20-41(50)51)44(5,6)38(47)22-26-49(39,48)11/h14,16,18,20-21,24,37-40H,12-13,15,17,19,22-23,25-32H2,1-11H3,(H,50,51)/b21-20-,34-16?,35-24?/t37-,38+,39+,40-,45+,46?,47-,48+,49+/m0/s1. The zero-order chi connectivity index (χ0) is 40.6. The van der Waals surface area contributed by atoms with Crippen LogP contribution in [0.1, 0.15) is 166 Å². The molecule has 9 atom stereocenters. The summed E-state index contributed by atoms with van der Waals surface area (Å²) >= 11 is 0.